The van der Waals surface area contributed by atoms with Crippen molar-refractivity contribution in [2.24, 2.45) is 0 Å². The Hall–Kier alpha value is -1.89. The van der Waals surface area contributed by atoms with E-state index in [9.17, 15) is 0 Å². The summed E-state index contributed by atoms with van der Waals surface area (Å²) in [6.07, 6.45) is 1.66. The van der Waals surface area contributed by atoms with Crippen molar-refractivity contribution in [2.75, 3.05) is 0 Å². The Kier molecular flexibility index (Phi) is 1.31. The summed E-state index contributed by atoms with van der Waals surface area (Å²) in [7, 11) is 0. The third-order valence-electron chi connectivity index (χ3n) is 1.57. The first-order valence-corrected chi connectivity index (χ1v) is 3.53. The summed E-state index contributed by atoms with van der Waals surface area (Å²) in [6, 6.07) is 5.54. The minimum absolute atomic E-state index is 0.590. The van der Waals surface area contributed by atoms with Crippen molar-refractivity contribution in [1.29, 1.82) is 5.26 Å². The highest BCUT2D eigenvalue weighted by Crippen LogP contribution is 2.02. The van der Waals surface area contributed by atoms with Crippen LogP contribution in [0.2, 0.25) is 0 Å². The van der Waals surface area contributed by atoms with Gasteiger partial charge in [0.15, 0.2) is 5.65 Å². The van der Waals surface area contributed by atoms with Crippen molar-refractivity contribution in [3.05, 3.63) is 29.7 Å². The van der Waals surface area contributed by atoms with Crippen molar-refractivity contribution < 1.29 is 0 Å². The van der Waals surface area contributed by atoms with E-state index < -0.39 is 0 Å². The quantitative estimate of drug-likeness (QED) is 0.572. The molecule has 2 aromatic heterocycles. The van der Waals surface area contributed by atoms with Crippen LogP contribution in [0.25, 0.3) is 5.65 Å². The van der Waals surface area contributed by atoms with E-state index in [1.54, 1.807) is 22.8 Å². The van der Waals surface area contributed by atoms with Gasteiger partial charge < -0.3 is 0 Å². The molecule has 0 spiro atoms. The molecule has 2 rings (SSSR count). The number of rotatable bonds is 0. The fourth-order valence-electron chi connectivity index (χ4n) is 1.06. The van der Waals surface area contributed by atoms with Gasteiger partial charge in [-0.25, -0.2) is 9.50 Å². The zero-order valence-electron chi connectivity index (χ0n) is 6.52. The number of nitriles is 1. The summed E-state index contributed by atoms with van der Waals surface area (Å²) < 4.78 is 1.61. The van der Waals surface area contributed by atoms with E-state index in [2.05, 4.69) is 10.1 Å². The highest BCUT2D eigenvalue weighted by molar-refractivity contribution is 5.41. The monoisotopic (exact) mass is 158 g/mol. The van der Waals surface area contributed by atoms with E-state index in [0.29, 0.717) is 11.4 Å². The summed E-state index contributed by atoms with van der Waals surface area (Å²) in [5, 5.41) is 12.7. The molecule has 2 aromatic rings. The van der Waals surface area contributed by atoms with Crippen LogP contribution in [0.4, 0.5) is 0 Å². The number of aromatic nitrogens is 3. The largest absolute Gasteiger partial charge is 0.220 e. The molecular formula is C8H6N4. The predicted molar refractivity (Wildman–Crippen MR) is 42.4 cm³/mol. The van der Waals surface area contributed by atoms with E-state index in [0.717, 1.165) is 5.65 Å². The third-order valence-corrected chi connectivity index (χ3v) is 1.57. The van der Waals surface area contributed by atoms with Crippen molar-refractivity contribution in [3.63, 3.8) is 0 Å². The van der Waals surface area contributed by atoms with E-state index in [1.165, 1.54) is 0 Å². The molecule has 2 heterocycles. The second-order valence-corrected chi connectivity index (χ2v) is 2.49. The van der Waals surface area contributed by atoms with Crippen LogP contribution in [-0.2, 0) is 0 Å². The number of hydrogen-bond acceptors (Lipinski definition) is 3. The van der Waals surface area contributed by atoms with Gasteiger partial charge in [0, 0.05) is 6.20 Å². The molecule has 4 nitrogen and oxygen atoms in total. The molecule has 0 aliphatic heterocycles. The molecular weight excluding hydrogens is 152 g/mol. The van der Waals surface area contributed by atoms with E-state index in [1.807, 2.05) is 13.0 Å². The molecule has 0 N–H and O–H groups in total. The summed E-state index contributed by atoms with van der Waals surface area (Å²) in [5.74, 6) is 0.713. The summed E-state index contributed by atoms with van der Waals surface area (Å²) in [6.45, 7) is 1.82. The maximum atomic E-state index is 8.59. The number of pyridine rings is 1. The molecule has 58 valence electrons. The summed E-state index contributed by atoms with van der Waals surface area (Å²) in [4.78, 5) is 4.13. The fourth-order valence-corrected chi connectivity index (χ4v) is 1.06. The Morgan fingerprint density at radius 3 is 3.08 bits per heavy atom. The summed E-state index contributed by atoms with van der Waals surface area (Å²) >= 11 is 0. The lowest BCUT2D eigenvalue weighted by Crippen LogP contribution is -1.87. The highest BCUT2D eigenvalue weighted by atomic mass is 15.3. The molecule has 0 aliphatic carbocycles. The van der Waals surface area contributed by atoms with Crippen molar-refractivity contribution in [2.45, 2.75) is 6.92 Å². The van der Waals surface area contributed by atoms with Gasteiger partial charge >= 0.3 is 0 Å². The van der Waals surface area contributed by atoms with E-state index >= 15 is 0 Å². The van der Waals surface area contributed by atoms with Crippen molar-refractivity contribution in [1.82, 2.24) is 14.6 Å². The minimum atomic E-state index is 0.590. The number of hydrogen-bond donors (Lipinski definition) is 0. The van der Waals surface area contributed by atoms with Gasteiger partial charge in [0.25, 0.3) is 0 Å². The van der Waals surface area contributed by atoms with Crippen LogP contribution in [0.15, 0.2) is 18.3 Å². The van der Waals surface area contributed by atoms with Crippen LogP contribution >= 0.6 is 0 Å². The first kappa shape index (κ1) is 6.80. The highest BCUT2D eigenvalue weighted by Gasteiger charge is 1.98. The maximum absolute atomic E-state index is 8.59. The minimum Gasteiger partial charge on any atom is -0.220 e. The van der Waals surface area contributed by atoms with Crippen molar-refractivity contribution in [3.8, 4) is 6.07 Å². The summed E-state index contributed by atoms with van der Waals surface area (Å²) in [5.41, 5.74) is 1.36. The van der Waals surface area contributed by atoms with Crippen molar-refractivity contribution >= 4 is 5.65 Å². The standard InChI is InChI=1S/C8H6N4/c1-6-10-8-3-2-7(4-9)5-12(8)11-6/h2-3,5H,1H3. The zero-order valence-corrected chi connectivity index (χ0v) is 6.52. The molecule has 0 aliphatic rings. The van der Waals surface area contributed by atoms with Gasteiger partial charge in [-0.1, -0.05) is 0 Å². The molecule has 4 heteroatoms. The molecule has 0 radical (unpaired) electrons. The predicted octanol–water partition coefficient (Wildman–Crippen LogP) is 0.909. The fraction of sp³-hybridized carbons (Fsp3) is 0.125. The molecule has 0 aromatic carbocycles. The Bertz CT molecular complexity index is 463. The number of aryl methyl sites for hydroxylation is 1. The van der Waals surface area contributed by atoms with Gasteiger partial charge in [0.2, 0.25) is 0 Å². The zero-order chi connectivity index (χ0) is 8.55. The van der Waals surface area contributed by atoms with E-state index in [-0.39, 0.29) is 0 Å². The van der Waals surface area contributed by atoms with Crippen LogP contribution in [-0.4, -0.2) is 14.6 Å². The molecule has 0 atom stereocenters. The lowest BCUT2D eigenvalue weighted by atomic mass is 10.3. The topological polar surface area (TPSA) is 54.0 Å². The molecule has 0 saturated carbocycles. The molecule has 0 fully saturated rings. The Balaban J connectivity index is 2.77. The lowest BCUT2D eigenvalue weighted by molar-refractivity contribution is 0.928. The smallest absolute Gasteiger partial charge is 0.155 e. The van der Waals surface area contributed by atoms with Gasteiger partial charge in [0.05, 0.1) is 5.56 Å². The van der Waals surface area contributed by atoms with Gasteiger partial charge in [0.1, 0.15) is 11.9 Å². The molecule has 0 amide bonds. The van der Waals surface area contributed by atoms with Crippen LogP contribution in [0.5, 0.6) is 0 Å². The average molecular weight is 158 g/mol. The third kappa shape index (κ3) is 0.920. The molecule has 0 unspecified atom stereocenters. The van der Waals surface area contributed by atoms with Crippen LogP contribution < -0.4 is 0 Å². The Morgan fingerprint density at radius 2 is 2.33 bits per heavy atom. The number of fused-ring (bicyclic) bond motifs is 1. The normalized spacial score (nSPS) is 10.0. The second-order valence-electron chi connectivity index (χ2n) is 2.49. The maximum Gasteiger partial charge on any atom is 0.155 e. The van der Waals surface area contributed by atoms with Gasteiger partial charge in [-0.15, -0.1) is 0 Å². The SMILES string of the molecule is Cc1nc2ccc(C#N)cn2n1. The van der Waals surface area contributed by atoms with Gasteiger partial charge in [-0.2, -0.15) is 10.4 Å². The Labute approximate surface area is 69.1 Å². The first-order valence-electron chi connectivity index (χ1n) is 3.53. The number of nitrogens with zero attached hydrogens (tertiary/aromatic N) is 4. The first-order chi connectivity index (χ1) is 5.79. The van der Waals surface area contributed by atoms with Crippen LogP contribution in [0.1, 0.15) is 11.4 Å². The molecule has 0 saturated heterocycles. The lowest BCUT2D eigenvalue weighted by Gasteiger charge is -1.89. The molecule has 12 heavy (non-hydrogen) atoms. The van der Waals surface area contributed by atoms with Gasteiger partial charge in [-0.3, -0.25) is 0 Å². The van der Waals surface area contributed by atoms with E-state index in [4.69, 9.17) is 5.26 Å². The molecule has 0 bridgehead atoms. The van der Waals surface area contributed by atoms with Gasteiger partial charge in [-0.05, 0) is 19.1 Å². The van der Waals surface area contributed by atoms with Crippen LogP contribution in [0, 0.1) is 18.3 Å². The van der Waals surface area contributed by atoms with Crippen LogP contribution in [0.3, 0.4) is 0 Å². The second kappa shape index (κ2) is 2.31. The Morgan fingerprint density at radius 1 is 1.50 bits per heavy atom. The average Bonchev–Trinajstić information content (AvgIpc) is 2.43.